The van der Waals surface area contributed by atoms with Gasteiger partial charge in [-0.1, -0.05) is 18.2 Å². The summed E-state index contributed by atoms with van der Waals surface area (Å²) >= 11 is 0. The number of nitrogen functional groups attached to an aromatic ring is 1. The van der Waals surface area contributed by atoms with E-state index in [1.54, 1.807) is 0 Å². The Hall–Kier alpha value is -4.06. The molecule has 7 rings (SSSR count). The molecule has 0 aliphatic carbocycles. The second-order valence-electron chi connectivity index (χ2n) is 11.7. The van der Waals surface area contributed by atoms with E-state index in [1.165, 1.54) is 6.33 Å². The molecule has 3 fully saturated rings. The highest BCUT2D eigenvalue weighted by Crippen LogP contribution is 2.35. The highest BCUT2D eigenvalue weighted by Gasteiger charge is 2.30. The molecule has 0 unspecified atom stereocenters. The zero-order valence-corrected chi connectivity index (χ0v) is 24.3. The van der Waals surface area contributed by atoms with Gasteiger partial charge in [-0.25, -0.2) is 14.6 Å². The van der Waals surface area contributed by atoms with E-state index in [9.17, 15) is 4.79 Å². The number of ether oxygens (including phenoxy) is 2. The largest absolute Gasteiger partial charge is 0.457 e. The molecule has 3 N–H and O–H groups in total. The fourth-order valence-electron chi connectivity index (χ4n) is 6.24. The molecule has 43 heavy (non-hydrogen) atoms. The number of likely N-dealkylation sites (tertiary alicyclic amines) is 2. The van der Waals surface area contributed by atoms with Crippen LogP contribution in [0.15, 0.2) is 60.9 Å². The van der Waals surface area contributed by atoms with E-state index < -0.39 is 0 Å². The molecule has 3 saturated heterocycles. The number of carbonyl (C=O) groups is 1. The Kier molecular flexibility index (Phi) is 7.92. The van der Waals surface area contributed by atoms with Crippen molar-refractivity contribution < 1.29 is 14.3 Å². The van der Waals surface area contributed by atoms with Crippen molar-refractivity contribution in [3.05, 3.63) is 60.9 Å². The maximum absolute atomic E-state index is 13.2. The van der Waals surface area contributed by atoms with Gasteiger partial charge in [0.25, 0.3) is 0 Å². The third-order valence-corrected chi connectivity index (χ3v) is 8.81. The number of nitrogens with two attached hydrogens (primary N) is 1. The normalized spacial score (nSPS) is 19.0. The number of nitrogens with zero attached hydrogens (tertiary/aromatic N) is 6. The predicted molar refractivity (Wildman–Crippen MR) is 164 cm³/mol. The number of fused-ring (bicyclic) bond motifs is 1. The quantitative estimate of drug-likeness (QED) is 0.321. The lowest BCUT2D eigenvalue weighted by Crippen LogP contribution is -2.52. The van der Waals surface area contributed by atoms with Gasteiger partial charge in [0.05, 0.1) is 30.2 Å². The monoisotopic (exact) mass is 582 g/mol. The van der Waals surface area contributed by atoms with Gasteiger partial charge in [-0.2, -0.15) is 5.10 Å². The van der Waals surface area contributed by atoms with Gasteiger partial charge in [-0.05, 0) is 62.1 Å². The molecule has 1 amide bonds. The van der Waals surface area contributed by atoms with Crippen molar-refractivity contribution in [1.82, 2.24) is 34.9 Å². The van der Waals surface area contributed by atoms with Gasteiger partial charge < -0.3 is 25.4 Å². The van der Waals surface area contributed by atoms with Gasteiger partial charge in [-0.3, -0.25) is 9.69 Å². The van der Waals surface area contributed by atoms with E-state index in [0.29, 0.717) is 37.7 Å². The summed E-state index contributed by atoms with van der Waals surface area (Å²) in [5.41, 5.74) is 8.75. The van der Waals surface area contributed by atoms with E-state index >= 15 is 0 Å². The summed E-state index contributed by atoms with van der Waals surface area (Å²) in [6.45, 7) is 5.61. The number of anilines is 1. The second kappa shape index (κ2) is 12.3. The van der Waals surface area contributed by atoms with Crippen molar-refractivity contribution in [2.45, 2.75) is 43.9 Å². The first-order valence-corrected chi connectivity index (χ1v) is 15.3. The van der Waals surface area contributed by atoms with Crippen molar-refractivity contribution in [1.29, 1.82) is 0 Å². The summed E-state index contributed by atoms with van der Waals surface area (Å²) in [5, 5.41) is 9.03. The number of piperidine rings is 2. The molecule has 2 aromatic carbocycles. The zero-order chi connectivity index (χ0) is 29.2. The lowest BCUT2D eigenvalue weighted by molar-refractivity contribution is -0.134. The van der Waals surface area contributed by atoms with Crippen LogP contribution in [0.3, 0.4) is 0 Å². The molecule has 0 bridgehead atoms. The van der Waals surface area contributed by atoms with Gasteiger partial charge in [0.2, 0.25) is 5.91 Å². The molecule has 3 aliphatic heterocycles. The van der Waals surface area contributed by atoms with Crippen LogP contribution in [-0.2, 0) is 9.53 Å². The van der Waals surface area contributed by atoms with Crippen LogP contribution in [0, 0.1) is 0 Å². The molecule has 11 nitrogen and oxygen atoms in total. The number of amides is 1. The van der Waals surface area contributed by atoms with Crippen LogP contribution in [0.5, 0.6) is 11.5 Å². The zero-order valence-electron chi connectivity index (χ0n) is 24.3. The SMILES string of the molecule is Nc1ncnc2c1c(-c1ccc(Oc3ccccc3)cc1)nn2C1CCN(C(=O)CN2CCC(OC3CNC3)CC2)CC1. The third-order valence-electron chi connectivity index (χ3n) is 8.81. The number of benzene rings is 2. The van der Waals surface area contributed by atoms with Crippen LogP contribution in [0.1, 0.15) is 31.7 Å². The average Bonchev–Trinajstić information content (AvgIpc) is 3.42. The minimum absolute atomic E-state index is 0.115. The van der Waals surface area contributed by atoms with Crippen LogP contribution >= 0.6 is 0 Å². The minimum atomic E-state index is 0.115. The molecule has 0 saturated carbocycles. The fraction of sp³-hybridized carbons (Fsp3) is 0.438. The van der Waals surface area contributed by atoms with Gasteiger partial charge >= 0.3 is 0 Å². The molecule has 224 valence electrons. The molecule has 3 aliphatic rings. The van der Waals surface area contributed by atoms with Crippen molar-refractivity contribution in [3.8, 4) is 22.8 Å². The first-order chi connectivity index (χ1) is 21.1. The molecule has 5 heterocycles. The van der Waals surface area contributed by atoms with Crippen molar-refractivity contribution in [3.63, 3.8) is 0 Å². The van der Waals surface area contributed by atoms with Crippen LogP contribution in [0.25, 0.3) is 22.3 Å². The molecule has 4 aromatic rings. The number of para-hydroxylation sites is 1. The van der Waals surface area contributed by atoms with Crippen molar-refractivity contribution in [2.24, 2.45) is 0 Å². The number of hydrogen-bond acceptors (Lipinski definition) is 9. The lowest BCUT2D eigenvalue weighted by Gasteiger charge is -2.38. The standard InChI is InChI=1S/C32H38N8O3/c33-31-29-30(22-6-8-25(9-7-22)42-24-4-2-1-3-5-24)37-40(32(29)36-21-35-31)23-10-16-39(17-11-23)28(41)20-38-14-12-26(13-15-38)43-27-18-34-19-27/h1-9,21,23,26-27,34H,10-20H2,(H2,33,35,36). The maximum Gasteiger partial charge on any atom is 0.236 e. The highest BCUT2D eigenvalue weighted by molar-refractivity contribution is 5.98. The van der Waals surface area contributed by atoms with Gasteiger partial charge in [-0.15, -0.1) is 0 Å². The Labute approximate surface area is 251 Å². The van der Waals surface area contributed by atoms with Crippen LogP contribution in [0.4, 0.5) is 5.82 Å². The number of aromatic nitrogens is 4. The summed E-state index contributed by atoms with van der Waals surface area (Å²) in [6.07, 6.45) is 5.78. The maximum atomic E-state index is 13.2. The molecule has 11 heteroatoms. The number of carbonyl (C=O) groups excluding carboxylic acids is 1. The topological polar surface area (TPSA) is 124 Å². The van der Waals surface area contributed by atoms with Crippen LogP contribution in [-0.4, -0.2) is 93.5 Å². The Balaban J connectivity index is 0.994. The summed E-state index contributed by atoms with van der Waals surface area (Å²) in [4.78, 5) is 26.3. The Bertz CT molecular complexity index is 1540. The molecular formula is C32H38N8O3. The van der Waals surface area contributed by atoms with E-state index in [-0.39, 0.29) is 11.9 Å². The second-order valence-corrected chi connectivity index (χ2v) is 11.7. The highest BCUT2D eigenvalue weighted by atomic mass is 16.5. The number of nitrogens with one attached hydrogen (secondary N) is 1. The Morgan fingerprint density at radius 2 is 1.60 bits per heavy atom. The van der Waals surface area contributed by atoms with Crippen LogP contribution in [0.2, 0.25) is 0 Å². The molecule has 2 aromatic heterocycles. The van der Waals surface area contributed by atoms with Gasteiger partial charge in [0.15, 0.2) is 5.65 Å². The third kappa shape index (κ3) is 6.06. The van der Waals surface area contributed by atoms with E-state index in [4.69, 9.17) is 20.3 Å². The smallest absolute Gasteiger partial charge is 0.236 e. The first kappa shape index (κ1) is 27.8. The van der Waals surface area contributed by atoms with Gasteiger partial charge in [0, 0.05) is 44.8 Å². The van der Waals surface area contributed by atoms with Crippen molar-refractivity contribution >= 4 is 22.8 Å². The van der Waals surface area contributed by atoms with E-state index in [0.717, 1.165) is 85.7 Å². The Morgan fingerprint density at radius 1 is 0.884 bits per heavy atom. The lowest BCUT2D eigenvalue weighted by atomic mass is 10.0. The first-order valence-electron chi connectivity index (χ1n) is 15.3. The average molecular weight is 583 g/mol. The van der Waals surface area contributed by atoms with E-state index in [2.05, 4.69) is 20.2 Å². The predicted octanol–water partition coefficient (Wildman–Crippen LogP) is 3.48. The molecule has 0 spiro atoms. The number of hydrogen-bond donors (Lipinski definition) is 2. The number of rotatable bonds is 8. The summed E-state index contributed by atoms with van der Waals surface area (Å²) < 4.78 is 14.1. The fourth-order valence-corrected chi connectivity index (χ4v) is 6.24. The van der Waals surface area contributed by atoms with Gasteiger partial charge in [0.1, 0.15) is 29.3 Å². The van der Waals surface area contributed by atoms with Crippen LogP contribution < -0.4 is 15.8 Å². The summed E-state index contributed by atoms with van der Waals surface area (Å²) in [7, 11) is 0. The van der Waals surface area contributed by atoms with Crippen molar-refractivity contribution in [2.75, 3.05) is 51.5 Å². The summed E-state index contributed by atoms with van der Waals surface area (Å²) in [5.74, 6) is 2.13. The molecular weight excluding hydrogens is 544 g/mol. The molecule has 0 radical (unpaired) electrons. The van der Waals surface area contributed by atoms with E-state index in [1.807, 2.05) is 64.2 Å². The minimum Gasteiger partial charge on any atom is -0.457 e. The molecule has 0 atom stereocenters. The summed E-state index contributed by atoms with van der Waals surface area (Å²) in [6, 6.07) is 17.6. The Morgan fingerprint density at radius 3 is 2.30 bits per heavy atom.